The Hall–Kier alpha value is -0.600. The molecule has 4 nitrogen and oxygen atoms in total. The Balaban J connectivity index is 4.50. The molecule has 0 radical (unpaired) electrons. The highest BCUT2D eigenvalue weighted by molar-refractivity contribution is 7.89. The van der Waals surface area contributed by atoms with Crippen LogP contribution in [0.3, 0.4) is 0 Å². The first-order valence-electron chi connectivity index (χ1n) is 5.70. The van der Waals surface area contributed by atoms with Crippen LogP contribution in [0.2, 0.25) is 0 Å². The van der Waals surface area contributed by atoms with Crippen LogP contribution in [0, 0.1) is 23.2 Å². The Morgan fingerprint density at radius 2 is 1.88 bits per heavy atom. The average molecular weight is 246 g/mol. The molecule has 0 rings (SSSR count). The van der Waals surface area contributed by atoms with E-state index in [1.165, 1.54) is 4.31 Å². The van der Waals surface area contributed by atoms with Crippen LogP contribution in [0.25, 0.3) is 0 Å². The first-order valence-corrected chi connectivity index (χ1v) is 7.31. The second-order valence-corrected chi connectivity index (χ2v) is 6.57. The summed E-state index contributed by atoms with van der Waals surface area (Å²) in [6.07, 6.45) is 0.666. The topological polar surface area (TPSA) is 61.2 Å². The van der Waals surface area contributed by atoms with Crippen LogP contribution < -0.4 is 0 Å². The van der Waals surface area contributed by atoms with Gasteiger partial charge in [0.15, 0.2) is 0 Å². The molecule has 1 atom stereocenters. The molecule has 0 aromatic heterocycles. The fourth-order valence-electron chi connectivity index (χ4n) is 1.30. The lowest BCUT2D eigenvalue weighted by molar-refractivity contribution is 0.397. The Kier molecular flexibility index (Phi) is 6.61. The number of hydrogen-bond donors (Lipinski definition) is 0. The largest absolute Gasteiger partial charge is 0.214 e. The van der Waals surface area contributed by atoms with Crippen LogP contribution >= 0.6 is 0 Å². The first-order chi connectivity index (χ1) is 7.33. The van der Waals surface area contributed by atoms with Crippen molar-refractivity contribution in [3.8, 4) is 6.07 Å². The van der Waals surface area contributed by atoms with E-state index in [0.717, 1.165) is 0 Å². The van der Waals surface area contributed by atoms with E-state index in [9.17, 15) is 8.42 Å². The summed E-state index contributed by atoms with van der Waals surface area (Å²) < 4.78 is 25.3. The second kappa shape index (κ2) is 6.87. The average Bonchev–Trinajstić information content (AvgIpc) is 2.22. The molecule has 0 amide bonds. The first kappa shape index (κ1) is 15.4. The van der Waals surface area contributed by atoms with Crippen molar-refractivity contribution in [1.82, 2.24) is 4.31 Å². The van der Waals surface area contributed by atoms with E-state index in [4.69, 9.17) is 5.26 Å². The van der Waals surface area contributed by atoms with E-state index in [-0.39, 0.29) is 11.7 Å². The van der Waals surface area contributed by atoms with Crippen LogP contribution in [0.1, 0.15) is 34.1 Å². The van der Waals surface area contributed by atoms with Gasteiger partial charge in [-0.3, -0.25) is 0 Å². The zero-order valence-electron chi connectivity index (χ0n) is 10.6. The van der Waals surface area contributed by atoms with Gasteiger partial charge in [-0.05, 0) is 19.3 Å². The maximum Gasteiger partial charge on any atom is 0.214 e. The van der Waals surface area contributed by atoms with Crippen molar-refractivity contribution in [3.63, 3.8) is 0 Å². The molecule has 5 heteroatoms. The minimum atomic E-state index is -3.19. The summed E-state index contributed by atoms with van der Waals surface area (Å²) in [5, 5.41) is 8.69. The van der Waals surface area contributed by atoms with Gasteiger partial charge in [-0.25, -0.2) is 12.7 Å². The van der Waals surface area contributed by atoms with E-state index in [0.29, 0.717) is 25.4 Å². The standard InChI is InChI=1S/C11H22N2O2S/c1-5-13(9-11(4)8-12)16(14,15)7-6-10(2)3/h10-11H,5-7,9H2,1-4H3. The summed E-state index contributed by atoms with van der Waals surface area (Å²) in [7, 11) is -3.19. The van der Waals surface area contributed by atoms with Crippen LogP contribution in [0.4, 0.5) is 0 Å². The fraction of sp³-hybridized carbons (Fsp3) is 0.909. The summed E-state index contributed by atoms with van der Waals surface area (Å²) in [5.41, 5.74) is 0. The van der Waals surface area contributed by atoms with E-state index in [2.05, 4.69) is 6.07 Å². The number of hydrogen-bond acceptors (Lipinski definition) is 3. The van der Waals surface area contributed by atoms with Crippen LogP contribution in [-0.2, 0) is 10.0 Å². The molecular formula is C11H22N2O2S. The van der Waals surface area contributed by atoms with Crippen molar-refractivity contribution in [2.75, 3.05) is 18.8 Å². The third-order valence-corrected chi connectivity index (χ3v) is 4.34. The highest BCUT2D eigenvalue weighted by Crippen LogP contribution is 2.10. The third-order valence-electron chi connectivity index (χ3n) is 2.40. The summed E-state index contributed by atoms with van der Waals surface area (Å²) in [6, 6.07) is 2.06. The van der Waals surface area contributed by atoms with Gasteiger partial charge in [0, 0.05) is 13.1 Å². The van der Waals surface area contributed by atoms with Gasteiger partial charge in [0.25, 0.3) is 0 Å². The molecule has 0 spiro atoms. The highest BCUT2D eigenvalue weighted by Gasteiger charge is 2.22. The molecular weight excluding hydrogens is 224 g/mol. The maximum atomic E-state index is 11.9. The van der Waals surface area contributed by atoms with Crippen molar-refractivity contribution in [2.24, 2.45) is 11.8 Å². The van der Waals surface area contributed by atoms with Gasteiger partial charge < -0.3 is 0 Å². The van der Waals surface area contributed by atoms with Gasteiger partial charge in [-0.2, -0.15) is 5.26 Å². The van der Waals surface area contributed by atoms with Crippen LogP contribution in [-0.4, -0.2) is 31.6 Å². The van der Waals surface area contributed by atoms with Gasteiger partial charge in [0.2, 0.25) is 10.0 Å². The van der Waals surface area contributed by atoms with Crippen molar-refractivity contribution >= 4 is 10.0 Å². The molecule has 1 unspecified atom stereocenters. The normalized spacial score (nSPS) is 14.1. The lowest BCUT2D eigenvalue weighted by atomic mass is 10.2. The molecule has 0 saturated heterocycles. The van der Waals surface area contributed by atoms with E-state index >= 15 is 0 Å². The Bertz CT molecular complexity index is 330. The summed E-state index contributed by atoms with van der Waals surface area (Å²) in [5.74, 6) is 0.298. The molecule has 0 aromatic rings. The second-order valence-electron chi connectivity index (χ2n) is 4.48. The summed E-state index contributed by atoms with van der Waals surface area (Å²) in [4.78, 5) is 0. The van der Waals surface area contributed by atoms with Crippen LogP contribution in [0.5, 0.6) is 0 Å². The zero-order chi connectivity index (χ0) is 12.8. The van der Waals surface area contributed by atoms with Gasteiger partial charge in [0.1, 0.15) is 0 Å². The van der Waals surface area contributed by atoms with Gasteiger partial charge in [-0.1, -0.05) is 20.8 Å². The molecule has 0 saturated carbocycles. The lowest BCUT2D eigenvalue weighted by Gasteiger charge is -2.21. The highest BCUT2D eigenvalue weighted by atomic mass is 32.2. The van der Waals surface area contributed by atoms with E-state index in [1.807, 2.05) is 13.8 Å². The van der Waals surface area contributed by atoms with Gasteiger partial charge in [-0.15, -0.1) is 0 Å². The Morgan fingerprint density at radius 1 is 1.31 bits per heavy atom. The monoisotopic (exact) mass is 246 g/mol. The van der Waals surface area contributed by atoms with Crippen molar-refractivity contribution < 1.29 is 8.42 Å². The fourth-order valence-corrected chi connectivity index (χ4v) is 3.17. The zero-order valence-corrected chi connectivity index (χ0v) is 11.4. The van der Waals surface area contributed by atoms with Crippen molar-refractivity contribution in [3.05, 3.63) is 0 Å². The molecule has 0 fully saturated rings. The summed E-state index contributed by atoms with van der Waals surface area (Å²) in [6.45, 7) is 8.28. The lowest BCUT2D eigenvalue weighted by Crippen LogP contribution is -2.36. The molecule has 0 aliphatic heterocycles. The smallest absolute Gasteiger partial charge is 0.212 e. The molecule has 0 aliphatic carbocycles. The maximum absolute atomic E-state index is 11.9. The minimum Gasteiger partial charge on any atom is -0.212 e. The number of nitriles is 1. The van der Waals surface area contributed by atoms with Crippen molar-refractivity contribution in [1.29, 1.82) is 5.26 Å². The SMILES string of the molecule is CCN(CC(C)C#N)S(=O)(=O)CCC(C)C. The molecule has 94 valence electrons. The Labute approximate surface area is 99.3 Å². The van der Waals surface area contributed by atoms with E-state index in [1.54, 1.807) is 13.8 Å². The quantitative estimate of drug-likeness (QED) is 0.688. The molecule has 16 heavy (non-hydrogen) atoms. The molecule has 0 heterocycles. The predicted molar refractivity (Wildman–Crippen MR) is 65.3 cm³/mol. The number of sulfonamides is 1. The molecule has 0 aliphatic rings. The molecule has 0 aromatic carbocycles. The van der Waals surface area contributed by atoms with E-state index < -0.39 is 10.0 Å². The number of rotatable bonds is 7. The number of nitrogens with zero attached hydrogens (tertiary/aromatic N) is 2. The van der Waals surface area contributed by atoms with Crippen LogP contribution in [0.15, 0.2) is 0 Å². The summed E-state index contributed by atoms with van der Waals surface area (Å²) >= 11 is 0. The Morgan fingerprint density at radius 3 is 2.25 bits per heavy atom. The van der Waals surface area contributed by atoms with Gasteiger partial charge >= 0.3 is 0 Å². The minimum absolute atomic E-state index is 0.177. The molecule has 0 bridgehead atoms. The molecule has 0 N–H and O–H groups in total. The van der Waals surface area contributed by atoms with Gasteiger partial charge in [0.05, 0.1) is 17.7 Å². The predicted octanol–water partition coefficient (Wildman–Crippen LogP) is 1.84. The van der Waals surface area contributed by atoms with Crippen molar-refractivity contribution in [2.45, 2.75) is 34.1 Å². The third kappa shape index (κ3) is 5.47.